The lowest BCUT2D eigenvalue weighted by Gasteiger charge is -2.21. The first kappa shape index (κ1) is 28.6. The zero-order chi connectivity index (χ0) is 29.5. The maximum absolute atomic E-state index is 13.2. The number of tetrazole rings is 1. The normalized spacial score (nSPS) is 15.4. The molecule has 42 heavy (non-hydrogen) atoms. The fourth-order valence-electron chi connectivity index (χ4n) is 4.74. The number of H-pyrrole nitrogens is 1. The van der Waals surface area contributed by atoms with Crippen LogP contribution < -0.4 is 21.5 Å². The highest BCUT2D eigenvalue weighted by molar-refractivity contribution is 6.30. The number of nitrogens with zero attached hydrogens (tertiary/aromatic N) is 5. The Hall–Kier alpha value is -4.88. The minimum Gasteiger partial charge on any atom is -0.453 e. The number of ether oxygens (including phenoxy) is 1. The summed E-state index contributed by atoms with van der Waals surface area (Å²) in [4.78, 5) is 37.4. The van der Waals surface area contributed by atoms with Crippen LogP contribution in [0.25, 0.3) is 22.9 Å². The number of carbonyl (C=O) groups is 2. The van der Waals surface area contributed by atoms with Gasteiger partial charge in [0.25, 0.3) is 5.56 Å². The van der Waals surface area contributed by atoms with Gasteiger partial charge in [-0.3, -0.25) is 14.9 Å². The van der Waals surface area contributed by atoms with E-state index in [9.17, 15) is 14.4 Å². The Balaban J connectivity index is 1.39. The summed E-state index contributed by atoms with van der Waals surface area (Å²) < 4.78 is 6.09. The number of hydrogen-bond acceptors (Lipinski definition) is 9. The molecule has 14 heteroatoms. The topological polar surface area (TPSA) is 169 Å². The molecule has 4 aromatic rings. The third kappa shape index (κ3) is 7.06. The maximum Gasteiger partial charge on any atom is 0.411 e. The fourth-order valence-corrected chi connectivity index (χ4v) is 4.92. The number of hydrogen-bond donors (Lipinski definition) is 4. The molecule has 13 nitrogen and oxygen atoms in total. The first-order valence-corrected chi connectivity index (χ1v) is 13.5. The van der Waals surface area contributed by atoms with Crippen LogP contribution in [0.2, 0.25) is 5.02 Å². The van der Waals surface area contributed by atoms with E-state index in [1.165, 1.54) is 24.2 Å². The molecular weight excluding hydrogens is 562 g/mol. The molecule has 1 saturated heterocycles. The molecule has 0 saturated carbocycles. The zero-order valence-electron chi connectivity index (χ0n) is 22.6. The van der Waals surface area contributed by atoms with Gasteiger partial charge in [0.1, 0.15) is 6.33 Å². The number of aromatic amines is 1. The molecule has 2 atom stereocenters. The van der Waals surface area contributed by atoms with E-state index in [4.69, 9.17) is 11.6 Å². The van der Waals surface area contributed by atoms with Gasteiger partial charge in [-0.2, -0.15) is 9.78 Å². The number of amides is 2. The number of anilines is 1. The second-order valence-electron chi connectivity index (χ2n) is 9.68. The molecule has 2 unspecified atom stereocenters. The van der Waals surface area contributed by atoms with Gasteiger partial charge < -0.3 is 15.4 Å². The average Bonchev–Trinajstić information content (AvgIpc) is 3.72. The van der Waals surface area contributed by atoms with E-state index >= 15 is 0 Å². The predicted molar refractivity (Wildman–Crippen MR) is 156 cm³/mol. The van der Waals surface area contributed by atoms with Crippen molar-refractivity contribution < 1.29 is 14.3 Å². The van der Waals surface area contributed by atoms with E-state index in [-0.39, 0.29) is 11.5 Å². The highest BCUT2D eigenvalue weighted by Gasteiger charge is 2.24. The van der Waals surface area contributed by atoms with Gasteiger partial charge in [-0.1, -0.05) is 23.7 Å². The number of benzene rings is 2. The molecule has 3 heterocycles. The summed E-state index contributed by atoms with van der Waals surface area (Å²) in [6, 6.07) is 13.2. The summed E-state index contributed by atoms with van der Waals surface area (Å²) in [5.41, 5.74) is 2.97. The van der Waals surface area contributed by atoms with E-state index in [1.54, 1.807) is 54.6 Å². The highest BCUT2D eigenvalue weighted by atomic mass is 35.5. The van der Waals surface area contributed by atoms with Crippen LogP contribution in [0.1, 0.15) is 30.1 Å². The minimum atomic E-state index is -0.595. The molecule has 1 fully saturated rings. The minimum absolute atomic E-state index is 0.319. The SMILES string of the molecule is COC(=O)Nc1ccc(-c2cc(C(CC3CCNC3)NC(=O)C=Cc3cc(Cl)ccc3-n3cnnn3)n[nH]c2=O)cc1. The second-order valence-corrected chi connectivity index (χ2v) is 10.1. The summed E-state index contributed by atoms with van der Waals surface area (Å²) in [7, 11) is 1.28. The van der Waals surface area contributed by atoms with Crippen LogP contribution in [0.5, 0.6) is 0 Å². The molecule has 5 rings (SSSR count). The van der Waals surface area contributed by atoms with Gasteiger partial charge in [-0.15, -0.1) is 5.10 Å². The van der Waals surface area contributed by atoms with Crippen molar-refractivity contribution in [3.8, 4) is 16.8 Å². The third-order valence-electron chi connectivity index (χ3n) is 6.86. The highest BCUT2D eigenvalue weighted by Crippen LogP contribution is 2.27. The first-order valence-electron chi connectivity index (χ1n) is 13.2. The molecule has 2 aromatic carbocycles. The van der Waals surface area contributed by atoms with Crippen LogP contribution in [-0.2, 0) is 9.53 Å². The Morgan fingerprint density at radius 1 is 1.21 bits per heavy atom. The van der Waals surface area contributed by atoms with Crippen molar-refractivity contribution in [2.75, 3.05) is 25.5 Å². The van der Waals surface area contributed by atoms with E-state index in [2.05, 4.69) is 46.4 Å². The Morgan fingerprint density at radius 2 is 2.05 bits per heavy atom. The molecular formula is C28H28ClN9O4. The van der Waals surface area contributed by atoms with Crippen LogP contribution >= 0.6 is 11.6 Å². The zero-order valence-corrected chi connectivity index (χ0v) is 23.3. The number of halogens is 1. The van der Waals surface area contributed by atoms with Crippen molar-refractivity contribution in [1.82, 2.24) is 41.0 Å². The van der Waals surface area contributed by atoms with Crippen LogP contribution in [-0.4, -0.2) is 62.6 Å². The van der Waals surface area contributed by atoms with Crippen molar-refractivity contribution in [3.63, 3.8) is 0 Å². The standard InChI is InChI=1S/C28H28ClN9O4/c1-42-28(41)32-21-6-2-18(3-7-21)22-14-24(34-35-27(22)40)23(12-17-10-11-30-15-17)33-26(39)9-4-19-13-20(29)5-8-25(19)38-16-31-36-37-38/h2-9,13-14,16-17,23,30H,10-12,15H2,1H3,(H,32,41)(H,33,39)(H,35,40). The largest absolute Gasteiger partial charge is 0.453 e. The Kier molecular flexibility index (Phi) is 8.99. The van der Waals surface area contributed by atoms with Crippen LogP contribution in [0.4, 0.5) is 10.5 Å². The number of aromatic nitrogens is 6. The smallest absolute Gasteiger partial charge is 0.411 e. The molecule has 0 bridgehead atoms. The van der Waals surface area contributed by atoms with Crippen LogP contribution in [0.15, 0.2) is 65.7 Å². The van der Waals surface area contributed by atoms with Crippen LogP contribution in [0.3, 0.4) is 0 Å². The van der Waals surface area contributed by atoms with Gasteiger partial charge in [0, 0.05) is 22.3 Å². The van der Waals surface area contributed by atoms with E-state index in [0.29, 0.717) is 51.1 Å². The number of nitrogens with one attached hydrogen (secondary N) is 4. The lowest BCUT2D eigenvalue weighted by atomic mass is 9.95. The van der Waals surface area contributed by atoms with Crippen molar-refractivity contribution in [2.45, 2.75) is 18.9 Å². The fraction of sp³-hybridized carbons (Fsp3) is 0.250. The van der Waals surface area contributed by atoms with Gasteiger partial charge >= 0.3 is 6.09 Å². The summed E-state index contributed by atoms with van der Waals surface area (Å²) >= 11 is 6.21. The van der Waals surface area contributed by atoms with Gasteiger partial charge in [0.15, 0.2) is 0 Å². The Labute approximate surface area is 245 Å². The number of methoxy groups -OCH3 is 1. The number of rotatable bonds is 9. The van der Waals surface area contributed by atoms with E-state index in [1.807, 2.05) is 0 Å². The Bertz CT molecular complexity index is 1630. The molecule has 1 aliphatic heterocycles. The molecule has 2 amide bonds. The van der Waals surface area contributed by atoms with Gasteiger partial charge in [0.05, 0.1) is 30.1 Å². The lowest BCUT2D eigenvalue weighted by molar-refractivity contribution is -0.117. The predicted octanol–water partition coefficient (Wildman–Crippen LogP) is 3.11. The monoisotopic (exact) mass is 589 g/mol. The van der Waals surface area contributed by atoms with E-state index < -0.39 is 12.1 Å². The summed E-state index contributed by atoms with van der Waals surface area (Å²) in [6.07, 6.45) is 5.50. The summed E-state index contributed by atoms with van der Waals surface area (Å²) in [6.45, 7) is 1.72. The lowest BCUT2D eigenvalue weighted by Crippen LogP contribution is -2.31. The molecule has 0 aliphatic carbocycles. The molecule has 0 radical (unpaired) electrons. The average molecular weight is 590 g/mol. The van der Waals surface area contributed by atoms with Gasteiger partial charge in [-0.25, -0.2) is 9.89 Å². The van der Waals surface area contributed by atoms with E-state index in [0.717, 1.165) is 19.5 Å². The second kappa shape index (κ2) is 13.2. The third-order valence-corrected chi connectivity index (χ3v) is 7.09. The molecule has 2 aromatic heterocycles. The quantitative estimate of drug-likeness (QED) is 0.214. The summed E-state index contributed by atoms with van der Waals surface area (Å²) in [5.74, 6) is -0.0270. The van der Waals surface area contributed by atoms with Crippen molar-refractivity contribution in [1.29, 1.82) is 0 Å². The first-order chi connectivity index (χ1) is 20.4. The molecule has 1 aliphatic rings. The van der Waals surface area contributed by atoms with Crippen molar-refractivity contribution in [2.24, 2.45) is 5.92 Å². The van der Waals surface area contributed by atoms with Crippen molar-refractivity contribution in [3.05, 3.63) is 87.6 Å². The maximum atomic E-state index is 13.2. The van der Waals surface area contributed by atoms with Gasteiger partial charge in [-0.05, 0) is 90.3 Å². The van der Waals surface area contributed by atoms with Crippen molar-refractivity contribution >= 4 is 35.4 Å². The van der Waals surface area contributed by atoms with Crippen LogP contribution in [0, 0.1) is 5.92 Å². The molecule has 0 spiro atoms. The Morgan fingerprint density at radius 3 is 2.76 bits per heavy atom. The van der Waals surface area contributed by atoms with Gasteiger partial charge in [0.2, 0.25) is 5.91 Å². The number of carbonyl (C=O) groups excluding carboxylic acids is 2. The molecule has 4 N–H and O–H groups in total. The molecule has 216 valence electrons. The summed E-state index contributed by atoms with van der Waals surface area (Å²) in [5, 5.41) is 27.6.